The average Bonchev–Trinajstić information content (AvgIpc) is 3.58. The standard InChI is InChI=1S/C21H20ClIN4O5/c1-31-17-9-12(10-24-27-21(30)20(29)26-15-6-7-15)8-16(23)19(17)32-11-18(28)25-14-4-2-13(22)3-5-14/h2-5,8-10,15H,6-7,11H2,1H3,(H,25,28)(H,26,29)(H,27,30)/b24-10-. The van der Waals surface area contributed by atoms with E-state index in [-0.39, 0.29) is 18.6 Å². The van der Waals surface area contributed by atoms with Crippen LogP contribution in [0.2, 0.25) is 5.02 Å². The van der Waals surface area contributed by atoms with Gasteiger partial charge in [0.05, 0.1) is 16.9 Å². The maximum atomic E-state index is 12.2. The average molecular weight is 571 g/mol. The van der Waals surface area contributed by atoms with Gasteiger partial charge in [-0.05, 0) is 77.4 Å². The van der Waals surface area contributed by atoms with E-state index in [1.165, 1.54) is 13.3 Å². The highest BCUT2D eigenvalue weighted by Gasteiger charge is 2.26. The van der Waals surface area contributed by atoms with Crippen LogP contribution in [0.4, 0.5) is 5.69 Å². The fourth-order valence-corrected chi connectivity index (χ4v) is 3.42. The van der Waals surface area contributed by atoms with E-state index in [0.29, 0.717) is 31.3 Å². The third kappa shape index (κ3) is 7.09. The Balaban J connectivity index is 1.57. The van der Waals surface area contributed by atoms with E-state index in [2.05, 4.69) is 21.2 Å². The molecule has 0 radical (unpaired) electrons. The van der Waals surface area contributed by atoms with Crippen molar-refractivity contribution in [1.29, 1.82) is 0 Å². The molecule has 3 N–H and O–H groups in total. The number of amides is 3. The minimum Gasteiger partial charge on any atom is -0.493 e. The lowest BCUT2D eigenvalue weighted by Gasteiger charge is -2.13. The van der Waals surface area contributed by atoms with Crippen molar-refractivity contribution in [1.82, 2.24) is 10.7 Å². The summed E-state index contributed by atoms with van der Waals surface area (Å²) in [7, 11) is 1.47. The summed E-state index contributed by atoms with van der Waals surface area (Å²) in [4.78, 5) is 35.5. The molecule has 2 aromatic rings. The second kappa shape index (κ2) is 11.1. The van der Waals surface area contributed by atoms with Crippen molar-refractivity contribution in [3.05, 3.63) is 50.6 Å². The van der Waals surface area contributed by atoms with Crippen molar-refractivity contribution >= 4 is 63.8 Å². The highest BCUT2D eigenvalue weighted by atomic mass is 127. The Kier molecular flexibility index (Phi) is 8.28. The zero-order valence-electron chi connectivity index (χ0n) is 17.0. The van der Waals surface area contributed by atoms with Gasteiger partial charge in [0.1, 0.15) is 0 Å². The minimum absolute atomic E-state index is 0.0869. The van der Waals surface area contributed by atoms with E-state index in [0.717, 1.165) is 12.8 Å². The van der Waals surface area contributed by atoms with E-state index in [1.54, 1.807) is 36.4 Å². The van der Waals surface area contributed by atoms with Gasteiger partial charge in [-0.25, -0.2) is 5.43 Å². The Labute approximate surface area is 203 Å². The van der Waals surface area contributed by atoms with E-state index in [4.69, 9.17) is 21.1 Å². The Morgan fingerprint density at radius 2 is 1.91 bits per heavy atom. The second-order valence-corrected chi connectivity index (χ2v) is 8.42. The molecule has 0 atom stereocenters. The topological polar surface area (TPSA) is 118 Å². The molecule has 0 saturated heterocycles. The second-order valence-electron chi connectivity index (χ2n) is 6.82. The number of rotatable bonds is 8. The maximum Gasteiger partial charge on any atom is 0.329 e. The predicted molar refractivity (Wildman–Crippen MR) is 128 cm³/mol. The number of anilines is 1. The van der Waals surface area contributed by atoms with Gasteiger partial charge in [-0.2, -0.15) is 5.10 Å². The summed E-state index contributed by atoms with van der Waals surface area (Å²) < 4.78 is 11.7. The first-order chi connectivity index (χ1) is 15.4. The molecule has 1 aliphatic rings. The Morgan fingerprint density at radius 3 is 2.56 bits per heavy atom. The molecule has 0 aliphatic heterocycles. The van der Waals surface area contributed by atoms with Gasteiger partial charge >= 0.3 is 11.8 Å². The van der Waals surface area contributed by atoms with Crippen LogP contribution in [0.3, 0.4) is 0 Å². The quantitative estimate of drug-likeness (QED) is 0.195. The van der Waals surface area contributed by atoms with Gasteiger partial charge in [-0.15, -0.1) is 0 Å². The summed E-state index contributed by atoms with van der Waals surface area (Å²) in [6.07, 6.45) is 3.15. The molecule has 9 nitrogen and oxygen atoms in total. The molecule has 0 bridgehead atoms. The zero-order valence-corrected chi connectivity index (χ0v) is 19.9. The molecule has 1 saturated carbocycles. The summed E-state index contributed by atoms with van der Waals surface area (Å²) in [6, 6.07) is 10.2. The van der Waals surface area contributed by atoms with Crippen LogP contribution in [0.15, 0.2) is 41.5 Å². The van der Waals surface area contributed by atoms with E-state index >= 15 is 0 Å². The number of methoxy groups -OCH3 is 1. The fraction of sp³-hybridized carbons (Fsp3) is 0.238. The van der Waals surface area contributed by atoms with Crippen molar-refractivity contribution in [2.24, 2.45) is 5.10 Å². The molecule has 168 valence electrons. The largest absolute Gasteiger partial charge is 0.493 e. The SMILES string of the molecule is COc1cc(/C=N\NC(=O)C(=O)NC2CC2)cc(I)c1OCC(=O)Nc1ccc(Cl)cc1. The number of ether oxygens (including phenoxy) is 2. The van der Waals surface area contributed by atoms with Crippen molar-refractivity contribution in [3.63, 3.8) is 0 Å². The lowest BCUT2D eigenvalue weighted by atomic mass is 10.2. The first kappa shape index (κ1) is 23.8. The fourth-order valence-electron chi connectivity index (χ4n) is 2.52. The Morgan fingerprint density at radius 1 is 1.19 bits per heavy atom. The number of carbonyl (C=O) groups is 3. The summed E-state index contributed by atoms with van der Waals surface area (Å²) in [5.74, 6) is -1.11. The highest BCUT2D eigenvalue weighted by molar-refractivity contribution is 14.1. The lowest BCUT2D eigenvalue weighted by molar-refractivity contribution is -0.139. The number of hydrogen-bond acceptors (Lipinski definition) is 6. The van der Waals surface area contributed by atoms with Crippen molar-refractivity contribution in [2.45, 2.75) is 18.9 Å². The summed E-state index contributed by atoms with van der Waals surface area (Å²) in [5, 5.41) is 9.67. The molecule has 0 unspecified atom stereocenters. The van der Waals surface area contributed by atoms with Gasteiger partial charge in [0.2, 0.25) is 0 Å². The molecule has 0 heterocycles. The number of nitrogens with one attached hydrogen (secondary N) is 3. The molecule has 0 aromatic heterocycles. The molecule has 3 amide bonds. The third-order valence-corrected chi connectivity index (χ3v) is 5.28. The zero-order chi connectivity index (χ0) is 23.1. The number of hydrazone groups is 1. The lowest BCUT2D eigenvalue weighted by Crippen LogP contribution is -2.38. The van der Waals surface area contributed by atoms with Gasteiger partial charge in [-0.3, -0.25) is 14.4 Å². The van der Waals surface area contributed by atoms with Crippen LogP contribution in [0.5, 0.6) is 11.5 Å². The van der Waals surface area contributed by atoms with Gasteiger partial charge in [0, 0.05) is 16.8 Å². The van der Waals surface area contributed by atoms with E-state index in [1.807, 2.05) is 22.6 Å². The number of benzene rings is 2. The number of hydrogen-bond donors (Lipinski definition) is 3. The molecule has 0 spiro atoms. The molecule has 2 aromatic carbocycles. The minimum atomic E-state index is -0.832. The van der Waals surface area contributed by atoms with Gasteiger partial charge in [0.25, 0.3) is 5.91 Å². The number of halogens is 2. The van der Waals surface area contributed by atoms with Crippen LogP contribution in [0.25, 0.3) is 0 Å². The smallest absolute Gasteiger partial charge is 0.329 e. The van der Waals surface area contributed by atoms with Crippen molar-refractivity contribution in [2.75, 3.05) is 19.0 Å². The van der Waals surface area contributed by atoms with E-state index < -0.39 is 11.8 Å². The summed E-state index contributed by atoms with van der Waals surface area (Å²) in [6.45, 7) is -0.228. The molecule has 32 heavy (non-hydrogen) atoms. The Bertz CT molecular complexity index is 1040. The van der Waals surface area contributed by atoms with Crippen LogP contribution in [0, 0.1) is 3.57 Å². The van der Waals surface area contributed by atoms with Crippen LogP contribution in [-0.4, -0.2) is 43.7 Å². The Hall–Kier alpha value is -2.86. The summed E-state index contributed by atoms with van der Waals surface area (Å²) in [5.41, 5.74) is 3.39. The molecule has 1 fully saturated rings. The first-order valence-electron chi connectivity index (χ1n) is 9.55. The number of nitrogens with zero attached hydrogens (tertiary/aromatic N) is 1. The maximum absolute atomic E-state index is 12.2. The van der Waals surface area contributed by atoms with Crippen LogP contribution in [0.1, 0.15) is 18.4 Å². The first-order valence-corrected chi connectivity index (χ1v) is 11.0. The molecule has 3 rings (SSSR count). The van der Waals surface area contributed by atoms with Crippen LogP contribution in [-0.2, 0) is 14.4 Å². The van der Waals surface area contributed by atoms with Crippen LogP contribution < -0.4 is 25.5 Å². The summed E-state index contributed by atoms with van der Waals surface area (Å²) >= 11 is 7.87. The molecular formula is C21H20ClIN4O5. The molecular weight excluding hydrogens is 551 g/mol. The predicted octanol–water partition coefficient (Wildman–Crippen LogP) is 2.70. The monoisotopic (exact) mass is 570 g/mol. The van der Waals surface area contributed by atoms with Crippen molar-refractivity contribution < 1.29 is 23.9 Å². The van der Waals surface area contributed by atoms with Crippen LogP contribution >= 0.6 is 34.2 Å². The molecule has 1 aliphatic carbocycles. The normalized spacial score (nSPS) is 12.8. The van der Waals surface area contributed by atoms with Gasteiger partial charge in [0.15, 0.2) is 18.1 Å². The highest BCUT2D eigenvalue weighted by Crippen LogP contribution is 2.33. The number of carbonyl (C=O) groups excluding carboxylic acids is 3. The van der Waals surface area contributed by atoms with Crippen molar-refractivity contribution in [3.8, 4) is 11.5 Å². The third-order valence-electron chi connectivity index (χ3n) is 4.23. The molecule has 11 heteroatoms. The van der Waals surface area contributed by atoms with Gasteiger partial charge in [-0.1, -0.05) is 11.6 Å². The van der Waals surface area contributed by atoms with Gasteiger partial charge < -0.3 is 20.1 Å². The van der Waals surface area contributed by atoms with E-state index in [9.17, 15) is 14.4 Å².